The summed E-state index contributed by atoms with van der Waals surface area (Å²) in [5, 5.41) is 7.39. The first-order valence-electron chi connectivity index (χ1n) is 5.00. The Kier molecular flexibility index (Phi) is 3.54. The van der Waals surface area contributed by atoms with Crippen LogP contribution in [0.15, 0.2) is 9.63 Å². The Hall–Kier alpha value is -0.120. The highest BCUT2D eigenvalue weighted by Gasteiger charge is 2.43. The van der Waals surface area contributed by atoms with Gasteiger partial charge in [0.15, 0.2) is 4.60 Å². The highest BCUT2D eigenvalue weighted by atomic mass is 79.9. The molecule has 0 bridgehead atoms. The van der Waals surface area contributed by atoms with Crippen LogP contribution < -0.4 is 4.72 Å². The number of halogens is 1. The summed E-state index contributed by atoms with van der Waals surface area (Å²) in [5.41, 5.74) is 0. The van der Waals surface area contributed by atoms with E-state index in [-0.39, 0.29) is 14.4 Å². The van der Waals surface area contributed by atoms with Gasteiger partial charge in [0.2, 0.25) is 5.03 Å². The van der Waals surface area contributed by atoms with Crippen molar-refractivity contribution in [1.29, 1.82) is 0 Å². The molecule has 1 N–H and O–H groups in total. The molecule has 1 aromatic rings. The molecule has 0 unspecified atom stereocenters. The summed E-state index contributed by atoms with van der Waals surface area (Å²) in [6.07, 6.45) is 4.12. The Morgan fingerprint density at radius 1 is 1.59 bits per heavy atom. The zero-order valence-electron chi connectivity index (χ0n) is 9.47. The summed E-state index contributed by atoms with van der Waals surface area (Å²) < 4.78 is 28.3. The maximum atomic E-state index is 12.1. The van der Waals surface area contributed by atoms with Gasteiger partial charge in [0.1, 0.15) is 0 Å². The lowest BCUT2D eigenvalue weighted by atomic mass is 10.4. The largest absolute Gasteiger partial charge is 0.260 e. The number of thioether (sulfide) groups is 1. The predicted octanol–water partition coefficient (Wildman–Crippen LogP) is 0.752. The van der Waals surface area contributed by atoms with Crippen molar-refractivity contribution in [3.63, 3.8) is 0 Å². The number of hydrogen-bond donors (Lipinski definition) is 1. The van der Waals surface area contributed by atoms with Crippen molar-refractivity contribution in [3.05, 3.63) is 4.60 Å². The average molecular weight is 341 g/mol. The SMILES string of the molecule is CSC1(CNS(=O)(=O)c2c(Br)nnn2C)CC1. The molecule has 0 spiro atoms. The monoisotopic (exact) mass is 340 g/mol. The first kappa shape index (κ1) is 13.3. The minimum atomic E-state index is -3.55. The van der Waals surface area contributed by atoms with E-state index in [4.69, 9.17) is 0 Å². The van der Waals surface area contributed by atoms with Crippen molar-refractivity contribution in [2.75, 3.05) is 12.8 Å². The highest BCUT2D eigenvalue weighted by Crippen LogP contribution is 2.46. The molecule has 0 amide bonds. The van der Waals surface area contributed by atoms with Gasteiger partial charge in [-0.25, -0.2) is 17.8 Å². The molecule has 96 valence electrons. The van der Waals surface area contributed by atoms with Crippen molar-refractivity contribution in [2.24, 2.45) is 7.05 Å². The van der Waals surface area contributed by atoms with Gasteiger partial charge in [-0.15, -0.1) is 5.10 Å². The fourth-order valence-corrected chi connectivity index (χ4v) is 4.53. The number of nitrogens with zero attached hydrogens (tertiary/aromatic N) is 3. The summed E-state index contributed by atoms with van der Waals surface area (Å²) in [6, 6.07) is 0. The maximum Gasteiger partial charge on any atom is 0.260 e. The molecule has 1 saturated carbocycles. The number of sulfonamides is 1. The Morgan fingerprint density at radius 2 is 2.24 bits per heavy atom. The van der Waals surface area contributed by atoms with Crippen LogP contribution in [0.1, 0.15) is 12.8 Å². The molecular formula is C8H13BrN4O2S2. The van der Waals surface area contributed by atoms with Gasteiger partial charge in [-0.3, -0.25) is 0 Å². The van der Waals surface area contributed by atoms with Crippen LogP contribution in [0.3, 0.4) is 0 Å². The third-order valence-electron chi connectivity index (χ3n) is 2.82. The van der Waals surface area contributed by atoms with E-state index in [1.54, 1.807) is 18.8 Å². The van der Waals surface area contributed by atoms with Crippen LogP contribution in [0.5, 0.6) is 0 Å². The Bertz CT molecular complexity index is 504. The van der Waals surface area contributed by atoms with Crippen molar-refractivity contribution >= 4 is 37.7 Å². The van der Waals surface area contributed by atoms with Gasteiger partial charge in [-0.1, -0.05) is 5.21 Å². The molecule has 6 nitrogen and oxygen atoms in total. The van der Waals surface area contributed by atoms with Crippen LogP contribution in [-0.4, -0.2) is 41.0 Å². The molecule has 17 heavy (non-hydrogen) atoms. The molecule has 0 saturated heterocycles. The van der Waals surface area contributed by atoms with E-state index in [2.05, 4.69) is 31.0 Å². The van der Waals surface area contributed by atoms with Gasteiger partial charge in [0, 0.05) is 18.3 Å². The molecule has 1 aromatic heterocycles. The van der Waals surface area contributed by atoms with Gasteiger partial charge in [-0.2, -0.15) is 11.8 Å². The van der Waals surface area contributed by atoms with Gasteiger partial charge in [0.05, 0.1) is 0 Å². The standard InChI is InChI=1S/C8H13BrN4O2S2/c1-13-7(6(9)11-12-13)17(14,15)10-5-8(16-2)3-4-8/h10H,3-5H2,1-2H3. The summed E-state index contributed by atoms with van der Waals surface area (Å²) in [4.78, 5) is 0. The molecule has 0 atom stereocenters. The van der Waals surface area contributed by atoms with E-state index < -0.39 is 10.0 Å². The first-order valence-corrected chi connectivity index (χ1v) is 8.50. The third kappa shape index (κ3) is 2.67. The molecule has 0 aromatic carbocycles. The van der Waals surface area contributed by atoms with E-state index in [9.17, 15) is 8.42 Å². The smallest absolute Gasteiger partial charge is 0.235 e. The summed E-state index contributed by atoms with van der Waals surface area (Å²) in [7, 11) is -2.00. The first-order chi connectivity index (χ1) is 7.90. The number of aryl methyl sites for hydroxylation is 1. The molecule has 9 heteroatoms. The van der Waals surface area contributed by atoms with Gasteiger partial charge in [-0.05, 0) is 35.0 Å². The lowest BCUT2D eigenvalue weighted by Crippen LogP contribution is -2.33. The lowest BCUT2D eigenvalue weighted by molar-refractivity contribution is 0.559. The van der Waals surface area contributed by atoms with Crippen LogP contribution in [0, 0.1) is 0 Å². The van der Waals surface area contributed by atoms with Crippen molar-refractivity contribution in [1.82, 2.24) is 19.7 Å². The second-order valence-electron chi connectivity index (χ2n) is 4.02. The fourth-order valence-electron chi connectivity index (χ4n) is 1.50. The second-order valence-corrected chi connectivity index (χ2v) is 7.73. The Balaban J connectivity index is 2.15. The maximum absolute atomic E-state index is 12.1. The highest BCUT2D eigenvalue weighted by molar-refractivity contribution is 9.10. The zero-order valence-corrected chi connectivity index (χ0v) is 12.7. The van der Waals surface area contributed by atoms with Crippen molar-refractivity contribution in [3.8, 4) is 0 Å². The molecular weight excluding hydrogens is 328 g/mol. The normalized spacial score (nSPS) is 18.3. The van der Waals surface area contributed by atoms with E-state index in [0.29, 0.717) is 6.54 Å². The quantitative estimate of drug-likeness (QED) is 0.855. The molecule has 0 aliphatic heterocycles. The second kappa shape index (κ2) is 4.52. The molecule has 1 heterocycles. The van der Waals surface area contributed by atoms with Crippen LogP contribution in [0.2, 0.25) is 0 Å². The van der Waals surface area contributed by atoms with Gasteiger partial charge < -0.3 is 0 Å². The third-order valence-corrected chi connectivity index (χ3v) is 6.52. The number of nitrogens with one attached hydrogen (secondary N) is 1. The van der Waals surface area contributed by atoms with Crippen LogP contribution >= 0.6 is 27.7 Å². The number of hydrogen-bond acceptors (Lipinski definition) is 5. The van der Waals surface area contributed by atoms with Gasteiger partial charge in [0.25, 0.3) is 10.0 Å². The Morgan fingerprint density at radius 3 is 2.65 bits per heavy atom. The molecule has 1 aliphatic carbocycles. The summed E-state index contributed by atoms with van der Waals surface area (Å²) in [6.45, 7) is 0.453. The summed E-state index contributed by atoms with van der Waals surface area (Å²) >= 11 is 4.80. The number of aromatic nitrogens is 3. The zero-order chi connectivity index (χ0) is 12.7. The van der Waals surface area contributed by atoms with E-state index in [1.807, 2.05) is 6.26 Å². The van der Waals surface area contributed by atoms with E-state index >= 15 is 0 Å². The lowest BCUT2D eigenvalue weighted by Gasteiger charge is -2.13. The predicted molar refractivity (Wildman–Crippen MR) is 69.4 cm³/mol. The van der Waals surface area contributed by atoms with Gasteiger partial charge >= 0.3 is 0 Å². The van der Waals surface area contributed by atoms with E-state index in [1.165, 1.54) is 4.68 Å². The van der Waals surface area contributed by atoms with Crippen LogP contribution in [-0.2, 0) is 17.1 Å². The minimum Gasteiger partial charge on any atom is -0.235 e. The van der Waals surface area contributed by atoms with E-state index in [0.717, 1.165) is 12.8 Å². The van der Waals surface area contributed by atoms with Crippen molar-refractivity contribution in [2.45, 2.75) is 22.6 Å². The fraction of sp³-hybridized carbons (Fsp3) is 0.750. The molecule has 1 fully saturated rings. The summed E-state index contributed by atoms with van der Waals surface area (Å²) in [5.74, 6) is 0. The number of rotatable bonds is 5. The Labute approximate surface area is 113 Å². The topological polar surface area (TPSA) is 76.9 Å². The van der Waals surface area contributed by atoms with Crippen molar-refractivity contribution < 1.29 is 8.42 Å². The van der Waals surface area contributed by atoms with Crippen LogP contribution in [0.4, 0.5) is 0 Å². The molecule has 2 rings (SSSR count). The minimum absolute atomic E-state index is 0.0643. The van der Waals surface area contributed by atoms with Crippen LogP contribution in [0.25, 0.3) is 0 Å². The molecule has 1 aliphatic rings. The molecule has 0 radical (unpaired) electrons. The average Bonchev–Trinajstić information content (AvgIpc) is 2.97.